The molecule has 0 aliphatic heterocycles. The maximum absolute atomic E-state index is 11.7. The Kier molecular flexibility index (Phi) is 6.93. The van der Waals surface area contributed by atoms with Gasteiger partial charge in [-0.25, -0.2) is 0 Å². The fraction of sp³-hybridized carbons (Fsp3) is 0.429. The topological polar surface area (TPSA) is 75.6 Å². The average molecular weight is 297 g/mol. The fourth-order valence-electron chi connectivity index (χ4n) is 1.56. The molecule has 5 nitrogen and oxygen atoms in total. The van der Waals surface area contributed by atoms with Crippen molar-refractivity contribution in [2.75, 3.05) is 12.9 Å². The molecular formula is C14H19NO4S. The standard InChI is InChI=1S/C14H19NO4S/c1-10(6-14(17)18)20-9-13(16)15-8-11-4-3-5-12(7-11)19-2/h3-5,7,10H,6,8-9H2,1-2H3,(H,15,16)(H,17,18). The number of aliphatic carboxylic acids is 1. The van der Waals surface area contributed by atoms with Crippen molar-refractivity contribution in [1.82, 2.24) is 5.32 Å². The number of thioether (sulfide) groups is 1. The number of nitrogens with one attached hydrogen (secondary N) is 1. The van der Waals surface area contributed by atoms with Gasteiger partial charge in [0.15, 0.2) is 0 Å². The van der Waals surface area contributed by atoms with Gasteiger partial charge in [-0.2, -0.15) is 0 Å². The quantitative estimate of drug-likeness (QED) is 0.766. The smallest absolute Gasteiger partial charge is 0.304 e. The van der Waals surface area contributed by atoms with Crippen molar-refractivity contribution < 1.29 is 19.4 Å². The summed E-state index contributed by atoms with van der Waals surface area (Å²) < 4.78 is 5.11. The first kappa shape index (κ1) is 16.4. The number of carbonyl (C=O) groups excluding carboxylic acids is 1. The highest BCUT2D eigenvalue weighted by molar-refractivity contribution is 8.00. The summed E-state index contributed by atoms with van der Waals surface area (Å²) >= 11 is 1.34. The van der Waals surface area contributed by atoms with Gasteiger partial charge < -0.3 is 15.2 Å². The number of rotatable bonds is 8. The van der Waals surface area contributed by atoms with Crippen molar-refractivity contribution in [1.29, 1.82) is 0 Å². The Balaban J connectivity index is 2.30. The molecule has 0 aromatic heterocycles. The Bertz CT molecular complexity index is 464. The second-order valence-electron chi connectivity index (χ2n) is 4.35. The Morgan fingerprint density at radius 1 is 1.45 bits per heavy atom. The van der Waals surface area contributed by atoms with Crippen LogP contribution in [0.2, 0.25) is 0 Å². The monoisotopic (exact) mass is 297 g/mol. The highest BCUT2D eigenvalue weighted by Gasteiger charge is 2.10. The van der Waals surface area contributed by atoms with E-state index in [9.17, 15) is 9.59 Å². The molecule has 1 aromatic carbocycles. The lowest BCUT2D eigenvalue weighted by molar-refractivity contribution is -0.136. The van der Waals surface area contributed by atoms with Crippen molar-refractivity contribution in [3.05, 3.63) is 29.8 Å². The van der Waals surface area contributed by atoms with Crippen molar-refractivity contribution in [3.8, 4) is 5.75 Å². The molecule has 0 saturated heterocycles. The third-order valence-electron chi connectivity index (χ3n) is 2.58. The second kappa shape index (κ2) is 8.47. The molecule has 0 radical (unpaired) electrons. The fourth-order valence-corrected chi connectivity index (χ4v) is 2.36. The molecule has 0 saturated carbocycles. The van der Waals surface area contributed by atoms with Crippen LogP contribution >= 0.6 is 11.8 Å². The van der Waals surface area contributed by atoms with E-state index in [2.05, 4.69) is 5.32 Å². The SMILES string of the molecule is COc1cccc(CNC(=O)CSC(C)CC(=O)O)c1. The van der Waals surface area contributed by atoms with Crippen molar-refractivity contribution in [3.63, 3.8) is 0 Å². The van der Waals surface area contributed by atoms with Gasteiger partial charge in [0.25, 0.3) is 0 Å². The van der Waals surface area contributed by atoms with Gasteiger partial charge in [-0.3, -0.25) is 9.59 Å². The van der Waals surface area contributed by atoms with Crippen LogP contribution in [0.15, 0.2) is 24.3 Å². The van der Waals surface area contributed by atoms with Crippen molar-refractivity contribution >= 4 is 23.6 Å². The zero-order valence-electron chi connectivity index (χ0n) is 11.6. The van der Waals surface area contributed by atoms with E-state index in [0.29, 0.717) is 6.54 Å². The van der Waals surface area contributed by atoms with E-state index in [1.165, 1.54) is 11.8 Å². The summed E-state index contributed by atoms with van der Waals surface area (Å²) in [4.78, 5) is 22.2. The number of carbonyl (C=O) groups is 2. The Hall–Kier alpha value is -1.69. The predicted octanol–water partition coefficient (Wildman–Crippen LogP) is 1.91. The van der Waals surface area contributed by atoms with E-state index >= 15 is 0 Å². The molecule has 0 fully saturated rings. The number of hydrogen-bond acceptors (Lipinski definition) is 4. The molecule has 110 valence electrons. The maximum atomic E-state index is 11.7. The first-order chi connectivity index (χ1) is 9.51. The van der Waals surface area contributed by atoms with E-state index < -0.39 is 5.97 Å². The van der Waals surface area contributed by atoms with E-state index in [1.54, 1.807) is 14.0 Å². The number of carboxylic acid groups (broad SMARTS) is 1. The number of carboxylic acids is 1. The summed E-state index contributed by atoms with van der Waals surface area (Å²) in [6.45, 7) is 2.23. The number of methoxy groups -OCH3 is 1. The van der Waals surface area contributed by atoms with E-state index in [4.69, 9.17) is 9.84 Å². The summed E-state index contributed by atoms with van der Waals surface area (Å²) in [5, 5.41) is 11.3. The van der Waals surface area contributed by atoms with Crippen LogP contribution in [-0.4, -0.2) is 35.1 Å². The molecule has 0 heterocycles. The largest absolute Gasteiger partial charge is 0.497 e. The molecule has 0 aliphatic rings. The molecule has 1 unspecified atom stereocenters. The highest BCUT2D eigenvalue weighted by Crippen LogP contribution is 2.14. The Morgan fingerprint density at radius 2 is 2.20 bits per heavy atom. The van der Waals surface area contributed by atoms with E-state index in [0.717, 1.165) is 11.3 Å². The molecule has 0 aliphatic carbocycles. The first-order valence-electron chi connectivity index (χ1n) is 6.24. The zero-order chi connectivity index (χ0) is 15.0. The van der Waals surface area contributed by atoms with Crippen molar-refractivity contribution in [2.24, 2.45) is 0 Å². The summed E-state index contributed by atoms with van der Waals surface area (Å²) in [6.07, 6.45) is 0.0633. The van der Waals surface area contributed by atoms with E-state index in [-0.39, 0.29) is 23.3 Å². The first-order valence-corrected chi connectivity index (χ1v) is 7.29. The molecule has 1 rings (SSSR count). The summed E-state index contributed by atoms with van der Waals surface area (Å²) in [6, 6.07) is 7.47. The summed E-state index contributed by atoms with van der Waals surface area (Å²) in [7, 11) is 1.60. The van der Waals surface area contributed by atoms with Crippen LogP contribution in [0.5, 0.6) is 5.75 Å². The van der Waals surface area contributed by atoms with Gasteiger partial charge in [-0.15, -0.1) is 11.8 Å². The minimum absolute atomic E-state index is 0.0633. The normalized spacial score (nSPS) is 11.7. The van der Waals surface area contributed by atoms with Gasteiger partial charge in [-0.05, 0) is 17.7 Å². The number of hydrogen-bond donors (Lipinski definition) is 2. The Morgan fingerprint density at radius 3 is 2.85 bits per heavy atom. The van der Waals surface area contributed by atoms with Gasteiger partial charge in [-0.1, -0.05) is 19.1 Å². The van der Waals surface area contributed by atoms with Gasteiger partial charge in [0.2, 0.25) is 5.91 Å². The van der Waals surface area contributed by atoms with Crippen LogP contribution in [0.1, 0.15) is 18.9 Å². The molecule has 6 heteroatoms. The molecule has 0 spiro atoms. The highest BCUT2D eigenvalue weighted by atomic mass is 32.2. The second-order valence-corrected chi connectivity index (χ2v) is 5.77. The van der Waals surface area contributed by atoms with Crippen LogP contribution in [0.3, 0.4) is 0 Å². The summed E-state index contributed by atoms with van der Waals surface area (Å²) in [5.41, 5.74) is 0.960. The number of benzene rings is 1. The molecule has 1 amide bonds. The van der Waals surface area contributed by atoms with Crippen LogP contribution in [-0.2, 0) is 16.1 Å². The van der Waals surface area contributed by atoms with Crippen LogP contribution in [0.25, 0.3) is 0 Å². The lowest BCUT2D eigenvalue weighted by Crippen LogP contribution is -2.25. The van der Waals surface area contributed by atoms with Gasteiger partial charge in [0.1, 0.15) is 5.75 Å². The van der Waals surface area contributed by atoms with E-state index in [1.807, 2.05) is 24.3 Å². The van der Waals surface area contributed by atoms with Gasteiger partial charge in [0, 0.05) is 11.8 Å². The number of ether oxygens (including phenoxy) is 1. The third-order valence-corrected chi connectivity index (χ3v) is 3.75. The predicted molar refractivity (Wildman–Crippen MR) is 79.0 cm³/mol. The number of amides is 1. The molecule has 2 N–H and O–H groups in total. The lowest BCUT2D eigenvalue weighted by Gasteiger charge is -2.09. The van der Waals surface area contributed by atoms with Gasteiger partial charge in [0.05, 0.1) is 19.3 Å². The lowest BCUT2D eigenvalue weighted by atomic mass is 10.2. The molecule has 20 heavy (non-hydrogen) atoms. The van der Waals surface area contributed by atoms with Crippen LogP contribution < -0.4 is 10.1 Å². The third kappa shape index (κ3) is 6.47. The van der Waals surface area contributed by atoms with Crippen LogP contribution in [0, 0.1) is 0 Å². The molecule has 1 atom stereocenters. The average Bonchev–Trinajstić information content (AvgIpc) is 2.42. The Labute approximate surface area is 122 Å². The minimum atomic E-state index is -0.846. The van der Waals surface area contributed by atoms with Gasteiger partial charge >= 0.3 is 5.97 Å². The molecule has 0 bridgehead atoms. The molecule has 1 aromatic rings. The molecular weight excluding hydrogens is 278 g/mol. The maximum Gasteiger partial charge on any atom is 0.304 e. The summed E-state index contributed by atoms with van der Waals surface area (Å²) in [5.74, 6) is 0.0661. The van der Waals surface area contributed by atoms with Crippen LogP contribution in [0.4, 0.5) is 0 Å². The zero-order valence-corrected chi connectivity index (χ0v) is 12.4. The van der Waals surface area contributed by atoms with Crippen molar-refractivity contribution in [2.45, 2.75) is 25.1 Å². The minimum Gasteiger partial charge on any atom is -0.497 e.